The summed E-state index contributed by atoms with van der Waals surface area (Å²) in [6.45, 7) is 3.66. The first kappa shape index (κ1) is 16.9. The molecule has 0 aliphatic carbocycles. The Labute approximate surface area is 162 Å². The van der Waals surface area contributed by atoms with Crippen molar-refractivity contribution in [1.82, 2.24) is 14.9 Å². The van der Waals surface area contributed by atoms with Crippen LogP contribution in [-0.2, 0) is 6.54 Å². The molecule has 0 radical (unpaired) electrons. The fourth-order valence-electron chi connectivity index (χ4n) is 3.79. The van der Waals surface area contributed by atoms with Gasteiger partial charge < -0.3 is 19.7 Å². The van der Waals surface area contributed by atoms with Crippen LogP contribution in [-0.4, -0.2) is 41.8 Å². The summed E-state index contributed by atoms with van der Waals surface area (Å²) < 4.78 is 12.9. The maximum Gasteiger partial charge on any atom is 0.255 e. The molecule has 3 aromatic rings. The molecule has 0 bridgehead atoms. The van der Waals surface area contributed by atoms with Crippen LogP contribution in [0.15, 0.2) is 42.7 Å². The van der Waals surface area contributed by atoms with Crippen LogP contribution < -0.4 is 19.7 Å². The summed E-state index contributed by atoms with van der Waals surface area (Å²) in [5.41, 5.74) is 3.51. The lowest BCUT2D eigenvalue weighted by atomic mass is 10.1. The second-order valence-electron chi connectivity index (χ2n) is 7.13. The number of ether oxygens (including phenoxy) is 2. The highest BCUT2D eigenvalue weighted by molar-refractivity contribution is 6.01. The smallest absolute Gasteiger partial charge is 0.255 e. The second-order valence-corrected chi connectivity index (χ2v) is 7.13. The van der Waals surface area contributed by atoms with E-state index >= 15 is 0 Å². The van der Waals surface area contributed by atoms with E-state index in [1.165, 1.54) is 12.8 Å². The highest BCUT2D eigenvalue weighted by Gasteiger charge is 2.17. The van der Waals surface area contributed by atoms with E-state index in [1.807, 2.05) is 24.4 Å². The van der Waals surface area contributed by atoms with Gasteiger partial charge >= 0.3 is 0 Å². The molecule has 1 amide bonds. The minimum Gasteiger partial charge on any atom is -0.486 e. The Balaban J connectivity index is 1.33. The number of anilines is 1. The number of aromatic nitrogens is 2. The molecule has 1 saturated heterocycles. The minimum atomic E-state index is -0.136. The number of hydrogen-bond acceptors (Lipinski definition) is 5. The van der Waals surface area contributed by atoms with E-state index < -0.39 is 0 Å². The molecule has 4 heterocycles. The van der Waals surface area contributed by atoms with Crippen molar-refractivity contribution >= 4 is 17.1 Å². The van der Waals surface area contributed by atoms with Crippen molar-refractivity contribution in [3.05, 3.63) is 53.9 Å². The third-order valence-electron chi connectivity index (χ3n) is 5.28. The zero-order chi connectivity index (χ0) is 18.9. The Kier molecular flexibility index (Phi) is 4.27. The van der Waals surface area contributed by atoms with Crippen LogP contribution in [0.1, 0.15) is 28.8 Å². The normalized spacial score (nSPS) is 15.8. The summed E-state index contributed by atoms with van der Waals surface area (Å²) in [6, 6.07) is 9.85. The zero-order valence-electron chi connectivity index (χ0n) is 15.6. The molecule has 1 N–H and O–H groups in total. The molecule has 144 valence electrons. The van der Waals surface area contributed by atoms with E-state index in [9.17, 15) is 4.79 Å². The summed E-state index contributed by atoms with van der Waals surface area (Å²) in [5, 5.41) is 7.31. The number of rotatable bonds is 4. The molecule has 1 fully saturated rings. The van der Waals surface area contributed by atoms with Crippen molar-refractivity contribution in [2.75, 3.05) is 31.2 Å². The number of fused-ring (bicyclic) bond motifs is 2. The Morgan fingerprint density at radius 2 is 1.89 bits per heavy atom. The van der Waals surface area contributed by atoms with E-state index in [0.717, 1.165) is 41.4 Å². The van der Waals surface area contributed by atoms with Crippen LogP contribution in [0.25, 0.3) is 5.52 Å². The molecule has 2 aliphatic rings. The lowest BCUT2D eigenvalue weighted by Crippen LogP contribution is -2.23. The van der Waals surface area contributed by atoms with Crippen LogP contribution >= 0.6 is 0 Å². The molecule has 7 heteroatoms. The molecule has 7 nitrogen and oxygen atoms in total. The van der Waals surface area contributed by atoms with E-state index in [2.05, 4.69) is 27.4 Å². The van der Waals surface area contributed by atoms with Crippen LogP contribution in [0, 0.1) is 0 Å². The van der Waals surface area contributed by atoms with Gasteiger partial charge in [0.1, 0.15) is 13.2 Å². The predicted octanol–water partition coefficient (Wildman–Crippen LogP) is 2.64. The minimum absolute atomic E-state index is 0.136. The number of hydrogen-bond donors (Lipinski definition) is 1. The lowest BCUT2D eigenvalue weighted by Gasteiger charge is -2.19. The number of nitrogens with one attached hydrogen (secondary N) is 1. The fraction of sp³-hybridized carbons (Fsp3) is 0.333. The monoisotopic (exact) mass is 378 g/mol. The summed E-state index contributed by atoms with van der Waals surface area (Å²) in [6.07, 6.45) is 5.98. The third-order valence-corrected chi connectivity index (χ3v) is 5.28. The van der Waals surface area contributed by atoms with Crippen molar-refractivity contribution in [3.63, 3.8) is 0 Å². The summed E-state index contributed by atoms with van der Waals surface area (Å²) in [5.74, 6) is 1.34. The SMILES string of the molecule is O=C(NCc1ccc2c(c1)OCCO2)c1cnn2ccc(N3CCCC3)cc12. The number of carbonyl (C=O) groups excluding carboxylic acids is 1. The van der Waals surface area contributed by atoms with Gasteiger partial charge in [-0.25, -0.2) is 4.52 Å². The van der Waals surface area contributed by atoms with Gasteiger partial charge in [-0.1, -0.05) is 6.07 Å². The summed E-state index contributed by atoms with van der Waals surface area (Å²) >= 11 is 0. The molecule has 0 saturated carbocycles. The molecular formula is C21H22N4O3. The number of carbonyl (C=O) groups is 1. The average Bonchev–Trinajstić information content (AvgIpc) is 3.41. The topological polar surface area (TPSA) is 68.1 Å². The molecule has 2 aromatic heterocycles. The first-order chi connectivity index (χ1) is 13.8. The molecule has 0 atom stereocenters. The van der Waals surface area contributed by atoms with Gasteiger partial charge in [0.25, 0.3) is 5.91 Å². The van der Waals surface area contributed by atoms with Crippen molar-refractivity contribution in [2.24, 2.45) is 0 Å². The van der Waals surface area contributed by atoms with Crippen molar-refractivity contribution in [2.45, 2.75) is 19.4 Å². The van der Waals surface area contributed by atoms with E-state index in [0.29, 0.717) is 25.3 Å². The molecular weight excluding hydrogens is 356 g/mol. The van der Waals surface area contributed by atoms with Gasteiger partial charge in [-0.15, -0.1) is 0 Å². The highest BCUT2D eigenvalue weighted by atomic mass is 16.6. The van der Waals surface area contributed by atoms with Crippen molar-refractivity contribution in [1.29, 1.82) is 0 Å². The first-order valence-corrected chi connectivity index (χ1v) is 9.67. The van der Waals surface area contributed by atoms with Gasteiger partial charge in [0.15, 0.2) is 11.5 Å². The second kappa shape index (κ2) is 7.07. The standard InChI is InChI=1S/C21H22N4O3/c26-21(22-13-15-3-4-19-20(11-15)28-10-9-27-19)17-14-23-25-8-5-16(12-18(17)25)24-6-1-2-7-24/h3-5,8,11-12,14H,1-2,6-7,9-10,13H2,(H,22,26). The van der Waals surface area contributed by atoms with Crippen LogP contribution in [0.4, 0.5) is 5.69 Å². The molecule has 0 spiro atoms. The number of nitrogens with zero attached hydrogens (tertiary/aromatic N) is 3. The number of amides is 1. The van der Waals surface area contributed by atoms with E-state index in [1.54, 1.807) is 10.7 Å². The molecule has 1 aromatic carbocycles. The molecule has 28 heavy (non-hydrogen) atoms. The Hall–Kier alpha value is -3.22. The van der Waals surface area contributed by atoms with Gasteiger partial charge in [-0.05, 0) is 42.7 Å². The third kappa shape index (κ3) is 3.13. The molecule has 2 aliphatic heterocycles. The van der Waals surface area contributed by atoms with Crippen LogP contribution in [0.3, 0.4) is 0 Å². The lowest BCUT2D eigenvalue weighted by molar-refractivity contribution is 0.0952. The van der Waals surface area contributed by atoms with Crippen LogP contribution in [0.5, 0.6) is 11.5 Å². The fourth-order valence-corrected chi connectivity index (χ4v) is 3.79. The zero-order valence-corrected chi connectivity index (χ0v) is 15.6. The maximum absolute atomic E-state index is 12.8. The van der Waals surface area contributed by atoms with Crippen molar-refractivity contribution < 1.29 is 14.3 Å². The molecule has 5 rings (SSSR count). The Morgan fingerprint density at radius 1 is 1.07 bits per heavy atom. The van der Waals surface area contributed by atoms with Gasteiger partial charge in [-0.2, -0.15) is 5.10 Å². The number of pyridine rings is 1. The Morgan fingerprint density at radius 3 is 2.75 bits per heavy atom. The quantitative estimate of drug-likeness (QED) is 0.756. The number of benzene rings is 1. The average molecular weight is 378 g/mol. The van der Waals surface area contributed by atoms with Gasteiger partial charge in [-0.3, -0.25) is 4.79 Å². The summed E-state index contributed by atoms with van der Waals surface area (Å²) in [7, 11) is 0. The predicted molar refractivity (Wildman–Crippen MR) is 105 cm³/mol. The maximum atomic E-state index is 12.8. The first-order valence-electron chi connectivity index (χ1n) is 9.67. The van der Waals surface area contributed by atoms with E-state index in [4.69, 9.17) is 9.47 Å². The van der Waals surface area contributed by atoms with Gasteiger partial charge in [0.2, 0.25) is 0 Å². The Bertz CT molecular complexity index is 1020. The van der Waals surface area contributed by atoms with E-state index in [-0.39, 0.29) is 5.91 Å². The van der Waals surface area contributed by atoms with Crippen molar-refractivity contribution in [3.8, 4) is 11.5 Å². The molecule has 0 unspecified atom stereocenters. The largest absolute Gasteiger partial charge is 0.486 e. The van der Waals surface area contributed by atoms with Gasteiger partial charge in [0, 0.05) is 31.5 Å². The van der Waals surface area contributed by atoms with Crippen LogP contribution in [0.2, 0.25) is 0 Å². The summed E-state index contributed by atoms with van der Waals surface area (Å²) in [4.78, 5) is 15.1. The highest BCUT2D eigenvalue weighted by Crippen LogP contribution is 2.30. The van der Waals surface area contributed by atoms with Gasteiger partial charge in [0.05, 0.1) is 17.3 Å².